The number of para-hydroxylation sites is 1. The Bertz CT molecular complexity index is 631. The Balaban J connectivity index is 2.33. The van der Waals surface area contributed by atoms with Crippen LogP contribution in [0.2, 0.25) is 5.02 Å². The molecule has 0 spiro atoms. The lowest BCUT2D eigenvalue weighted by molar-refractivity contribution is -0.118. The highest BCUT2D eigenvalue weighted by molar-refractivity contribution is 6.30. The van der Waals surface area contributed by atoms with Gasteiger partial charge in [0.25, 0.3) is 0 Å². The van der Waals surface area contributed by atoms with E-state index in [4.69, 9.17) is 22.1 Å². The van der Waals surface area contributed by atoms with E-state index >= 15 is 0 Å². The largest absolute Gasteiger partial charge is 0.494 e. The first-order valence-electron chi connectivity index (χ1n) is 6.65. The molecule has 0 aromatic heterocycles. The van der Waals surface area contributed by atoms with E-state index in [-0.39, 0.29) is 0 Å². The number of hydrogen-bond donors (Lipinski definition) is 2. The van der Waals surface area contributed by atoms with Gasteiger partial charge in [0.05, 0.1) is 6.61 Å². The van der Waals surface area contributed by atoms with Crippen LogP contribution in [0, 0.1) is 0 Å². The number of anilines is 1. The van der Waals surface area contributed by atoms with Gasteiger partial charge in [-0.3, -0.25) is 4.79 Å². The van der Waals surface area contributed by atoms with Gasteiger partial charge in [0.15, 0.2) is 0 Å². The van der Waals surface area contributed by atoms with Crippen molar-refractivity contribution in [2.75, 3.05) is 11.9 Å². The molecule has 0 aliphatic rings. The molecular weight excluding hydrogens is 288 g/mol. The highest BCUT2D eigenvalue weighted by atomic mass is 35.5. The molecule has 0 aliphatic carbocycles. The highest BCUT2D eigenvalue weighted by Crippen LogP contribution is 2.28. The van der Waals surface area contributed by atoms with Crippen molar-refractivity contribution in [2.24, 2.45) is 5.73 Å². The summed E-state index contributed by atoms with van der Waals surface area (Å²) >= 11 is 5.95. The normalized spacial score (nSPS) is 11.7. The van der Waals surface area contributed by atoms with Gasteiger partial charge in [-0.1, -0.05) is 35.9 Å². The number of nitrogens with two attached hydrogens (primary N) is 1. The Morgan fingerprint density at radius 3 is 2.71 bits per heavy atom. The maximum absolute atomic E-state index is 11.8. The van der Waals surface area contributed by atoms with E-state index in [0.717, 1.165) is 5.69 Å². The molecule has 4 nitrogen and oxygen atoms in total. The van der Waals surface area contributed by atoms with Crippen LogP contribution in [-0.2, 0) is 4.79 Å². The summed E-state index contributed by atoms with van der Waals surface area (Å²) in [5.41, 5.74) is 6.95. The fourth-order valence-electron chi connectivity index (χ4n) is 2.05. The number of primary amides is 1. The molecule has 0 radical (unpaired) electrons. The van der Waals surface area contributed by atoms with Gasteiger partial charge in [0.1, 0.15) is 11.8 Å². The summed E-state index contributed by atoms with van der Waals surface area (Å²) in [6.45, 7) is 2.40. The summed E-state index contributed by atoms with van der Waals surface area (Å²) in [5.74, 6) is 0.153. The SMILES string of the molecule is CCOc1ccccc1C(Nc1cccc(Cl)c1)C(N)=O. The average Bonchev–Trinajstić information content (AvgIpc) is 2.46. The number of benzene rings is 2. The standard InChI is InChI=1S/C16H17ClN2O2/c1-2-21-14-9-4-3-8-13(14)15(16(18)20)19-12-7-5-6-11(17)10-12/h3-10,15,19H,2H2,1H3,(H2,18,20). The molecule has 0 fully saturated rings. The molecule has 0 heterocycles. The fourth-order valence-corrected chi connectivity index (χ4v) is 2.24. The van der Waals surface area contributed by atoms with E-state index in [2.05, 4.69) is 5.32 Å². The van der Waals surface area contributed by atoms with Crippen LogP contribution in [0.1, 0.15) is 18.5 Å². The molecule has 0 saturated heterocycles. The second kappa shape index (κ2) is 6.99. The summed E-state index contributed by atoms with van der Waals surface area (Å²) in [7, 11) is 0. The number of amides is 1. The van der Waals surface area contributed by atoms with Crippen LogP contribution in [0.15, 0.2) is 48.5 Å². The summed E-state index contributed by atoms with van der Waals surface area (Å²) in [6, 6.07) is 13.8. The quantitative estimate of drug-likeness (QED) is 0.860. The molecule has 3 N–H and O–H groups in total. The van der Waals surface area contributed by atoms with Crippen LogP contribution >= 0.6 is 11.6 Å². The lowest BCUT2D eigenvalue weighted by atomic mass is 10.0. The molecule has 2 aromatic rings. The van der Waals surface area contributed by atoms with E-state index in [1.807, 2.05) is 37.3 Å². The topological polar surface area (TPSA) is 64.3 Å². The van der Waals surface area contributed by atoms with Crippen molar-refractivity contribution in [3.63, 3.8) is 0 Å². The Kier molecular flexibility index (Phi) is 5.06. The number of ether oxygens (including phenoxy) is 1. The number of carbonyl (C=O) groups is 1. The molecule has 0 saturated carbocycles. The molecule has 1 unspecified atom stereocenters. The van der Waals surface area contributed by atoms with Gasteiger partial charge >= 0.3 is 0 Å². The zero-order valence-electron chi connectivity index (χ0n) is 11.7. The Hall–Kier alpha value is -2.20. The highest BCUT2D eigenvalue weighted by Gasteiger charge is 2.21. The Labute approximate surface area is 128 Å². The van der Waals surface area contributed by atoms with Gasteiger partial charge in [-0.25, -0.2) is 0 Å². The molecule has 1 amide bonds. The lowest BCUT2D eigenvalue weighted by Gasteiger charge is -2.20. The van der Waals surface area contributed by atoms with Crippen LogP contribution in [0.25, 0.3) is 0 Å². The molecule has 110 valence electrons. The maximum atomic E-state index is 11.8. The summed E-state index contributed by atoms with van der Waals surface area (Å²) in [6.07, 6.45) is 0. The van der Waals surface area contributed by atoms with Crippen molar-refractivity contribution in [3.05, 3.63) is 59.1 Å². The van der Waals surface area contributed by atoms with Crippen molar-refractivity contribution in [1.82, 2.24) is 0 Å². The second-order valence-corrected chi connectivity index (χ2v) is 4.90. The summed E-state index contributed by atoms with van der Waals surface area (Å²) < 4.78 is 5.56. The predicted octanol–water partition coefficient (Wildman–Crippen LogP) is 3.38. The van der Waals surface area contributed by atoms with Crippen molar-refractivity contribution in [2.45, 2.75) is 13.0 Å². The smallest absolute Gasteiger partial charge is 0.244 e. The minimum absolute atomic E-state index is 0.484. The van der Waals surface area contributed by atoms with Crippen molar-refractivity contribution >= 4 is 23.2 Å². The maximum Gasteiger partial charge on any atom is 0.244 e. The van der Waals surface area contributed by atoms with Gasteiger partial charge in [-0.05, 0) is 31.2 Å². The van der Waals surface area contributed by atoms with E-state index < -0.39 is 11.9 Å². The molecule has 0 bridgehead atoms. The molecule has 2 rings (SSSR count). The van der Waals surface area contributed by atoms with Gasteiger partial charge in [-0.2, -0.15) is 0 Å². The van der Waals surface area contributed by atoms with E-state index in [9.17, 15) is 4.79 Å². The molecule has 21 heavy (non-hydrogen) atoms. The van der Waals surface area contributed by atoms with Crippen LogP contribution in [-0.4, -0.2) is 12.5 Å². The molecule has 0 aliphatic heterocycles. The van der Waals surface area contributed by atoms with Gasteiger partial charge in [-0.15, -0.1) is 0 Å². The van der Waals surface area contributed by atoms with E-state index in [0.29, 0.717) is 22.9 Å². The van der Waals surface area contributed by atoms with Crippen molar-refractivity contribution < 1.29 is 9.53 Å². The fraction of sp³-hybridized carbons (Fsp3) is 0.188. The molecule has 5 heteroatoms. The minimum Gasteiger partial charge on any atom is -0.494 e. The first-order valence-corrected chi connectivity index (χ1v) is 7.02. The third-order valence-electron chi connectivity index (χ3n) is 2.95. The number of carbonyl (C=O) groups excluding carboxylic acids is 1. The first kappa shape index (κ1) is 15.2. The Morgan fingerprint density at radius 2 is 2.05 bits per heavy atom. The predicted molar refractivity (Wildman–Crippen MR) is 84.6 cm³/mol. The molecular formula is C16H17ClN2O2. The third kappa shape index (κ3) is 3.89. The van der Waals surface area contributed by atoms with E-state index in [1.54, 1.807) is 18.2 Å². The number of rotatable bonds is 6. The average molecular weight is 305 g/mol. The zero-order chi connectivity index (χ0) is 15.2. The second-order valence-electron chi connectivity index (χ2n) is 4.46. The lowest BCUT2D eigenvalue weighted by Crippen LogP contribution is -2.28. The van der Waals surface area contributed by atoms with Crippen LogP contribution in [0.4, 0.5) is 5.69 Å². The summed E-state index contributed by atoms with van der Waals surface area (Å²) in [4.78, 5) is 11.8. The van der Waals surface area contributed by atoms with Gasteiger partial charge < -0.3 is 15.8 Å². The third-order valence-corrected chi connectivity index (χ3v) is 3.19. The van der Waals surface area contributed by atoms with Crippen molar-refractivity contribution in [1.29, 1.82) is 0 Å². The monoisotopic (exact) mass is 304 g/mol. The summed E-state index contributed by atoms with van der Waals surface area (Å²) in [5, 5.41) is 3.68. The van der Waals surface area contributed by atoms with Gasteiger partial charge in [0, 0.05) is 16.3 Å². The van der Waals surface area contributed by atoms with E-state index in [1.165, 1.54) is 0 Å². The van der Waals surface area contributed by atoms with Crippen LogP contribution in [0.5, 0.6) is 5.75 Å². The minimum atomic E-state index is -0.689. The van der Waals surface area contributed by atoms with Crippen LogP contribution in [0.3, 0.4) is 0 Å². The zero-order valence-corrected chi connectivity index (χ0v) is 12.4. The number of nitrogens with one attached hydrogen (secondary N) is 1. The van der Waals surface area contributed by atoms with Crippen LogP contribution < -0.4 is 15.8 Å². The Morgan fingerprint density at radius 1 is 1.29 bits per heavy atom. The molecule has 2 aromatic carbocycles. The molecule has 1 atom stereocenters. The number of hydrogen-bond acceptors (Lipinski definition) is 3. The first-order chi connectivity index (χ1) is 10.1. The number of halogens is 1. The van der Waals surface area contributed by atoms with Gasteiger partial charge in [0.2, 0.25) is 5.91 Å². The van der Waals surface area contributed by atoms with Crippen molar-refractivity contribution in [3.8, 4) is 5.75 Å².